The van der Waals surface area contributed by atoms with Crippen LogP contribution in [0.5, 0.6) is 11.5 Å². The predicted octanol–water partition coefficient (Wildman–Crippen LogP) is 1.95. The summed E-state index contributed by atoms with van der Waals surface area (Å²) >= 11 is 0. The van der Waals surface area contributed by atoms with Crippen molar-refractivity contribution in [2.24, 2.45) is 0 Å². The SMILES string of the molecule is COc1ccc(N)c(C(=O)O)c1.COc1ccc(N)c(C(=O)O)c1. The maximum atomic E-state index is 10.6. The Balaban J connectivity index is 0.000000240. The molecule has 2 aromatic carbocycles. The second-order valence-electron chi connectivity index (χ2n) is 4.52. The number of carboxylic acids is 2. The molecule has 8 nitrogen and oxygen atoms in total. The van der Waals surface area contributed by atoms with Crippen LogP contribution < -0.4 is 20.9 Å². The first-order chi connectivity index (χ1) is 11.3. The van der Waals surface area contributed by atoms with E-state index in [9.17, 15) is 9.59 Å². The van der Waals surface area contributed by atoms with Gasteiger partial charge in [-0.1, -0.05) is 0 Å². The average molecular weight is 334 g/mol. The van der Waals surface area contributed by atoms with Crippen molar-refractivity contribution < 1.29 is 29.3 Å². The van der Waals surface area contributed by atoms with Crippen LogP contribution in [0, 0.1) is 0 Å². The lowest BCUT2D eigenvalue weighted by atomic mass is 10.2. The molecule has 24 heavy (non-hydrogen) atoms. The molecule has 0 aliphatic carbocycles. The zero-order chi connectivity index (χ0) is 18.3. The number of hydrogen-bond donors (Lipinski definition) is 4. The number of anilines is 2. The first-order valence-corrected chi connectivity index (χ1v) is 6.63. The van der Waals surface area contributed by atoms with Gasteiger partial charge < -0.3 is 31.2 Å². The van der Waals surface area contributed by atoms with Gasteiger partial charge in [0.1, 0.15) is 11.5 Å². The number of rotatable bonds is 4. The van der Waals surface area contributed by atoms with E-state index in [1.54, 1.807) is 12.1 Å². The van der Waals surface area contributed by atoms with E-state index in [-0.39, 0.29) is 22.5 Å². The smallest absolute Gasteiger partial charge is 0.337 e. The molecule has 0 heterocycles. The van der Waals surface area contributed by atoms with Gasteiger partial charge in [0.15, 0.2) is 0 Å². The first kappa shape index (κ1) is 18.6. The molecular weight excluding hydrogens is 316 g/mol. The predicted molar refractivity (Wildman–Crippen MR) is 88.7 cm³/mol. The summed E-state index contributed by atoms with van der Waals surface area (Å²) in [6, 6.07) is 9.00. The van der Waals surface area contributed by atoms with Gasteiger partial charge in [-0.05, 0) is 36.4 Å². The van der Waals surface area contributed by atoms with Crippen molar-refractivity contribution in [2.45, 2.75) is 0 Å². The number of aromatic carboxylic acids is 2. The fourth-order valence-corrected chi connectivity index (χ4v) is 1.70. The van der Waals surface area contributed by atoms with Crippen molar-refractivity contribution in [2.75, 3.05) is 25.7 Å². The molecule has 128 valence electrons. The largest absolute Gasteiger partial charge is 0.497 e. The van der Waals surface area contributed by atoms with Crippen LogP contribution in [0.2, 0.25) is 0 Å². The average Bonchev–Trinajstić information content (AvgIpc) is 2.56. The molecule has 0 aromatic heterocycles. The zero-order valence-electron chi connectivity index (χ0n) is 13.1. The van der Waals surface area contributed by atoms with Gasteiger partial charge in [0.25, 0.3) is 0 Å². The van der Waals surface area contributed by atoms with Gasteiger partial charge in [0.2, 0.25) is 0 Å². The molecule has 0 aliphatic heterocycles. The lowest BCUT2D eigenvalue weighted by molar-refractivity contribution is 0.0687. The third-order valence-electron chi connectivity index (χ3n) is 2.98. The summed E-state index contributed by atoms with van der Waals surface area (Å²) in [4.78, 5) is 21.1. The Morgan fingerprint density at radius 2 is 1.12 bits per heavy atom. The number of nitrogens with two attached hydrogens (primary N) is 2. The molecule has 2 rings (SSSR count). The van der Waals surface area contributed by atoms with E-state index < -0.39 is 11.9 Å². The Kier molecular flexibility index (Phi) is 6.42. The van der Waals surface area contributed by atoms with Crippen molar-refractivity contribution in [1.82, 2.24) is 0 Å². The summed E-state index contributed by atoms with van der Waals surface area (Å²) in [6.07, 6.45) is 0. The van der Waals surface area contributed by atoms with Crippen LogP contribution in [0.15, 0.2) is 36.4 Å². The molecule has 8 heteroatoms. The second-order valence-corrected chi connectivity index (χ2v) is 4.52. The van der Waals surface area contributed by atoms with Crippen LogP contribution in [0.4, 0.5) is 11.4 Å². The molecule has 0 aliphatic rings. The highest BCUT2D eigenvalue weighted by Gasteiger charge is 2.08. The molecular formula is C16H18N2O6. The summed E-state index contributed by atoms with van der Waals surface area (Å²) < 4.78 is 9.68. The van der Waals surface area contributed by atoms with E-state index in [0.717, 1.165) is 0 Å². The summed E-state index contributed by atoms with van der Waals surface area (Å²) in [6.45, 7) is 0. The molecule has 2 aromatic rings. The molecule has 0 radical (unpaired) electrons. The summed E-state index contributed by atoms with van der Waals surface area (Å²) in [5, 5.41) is 17.3. The second kappa shape index (κ2) is 8.28. The van der Waals surface area contributed by atoms with E-state index in [2.05, 4.69) is 0 Å². The maximum absolute atomic E-state index is 10.6. The van der Waals surface area contributed by atoms with Crippen LogP contribution in [0.1, 0.15) is 20.7 Å². The number of nitrogen functional groups attached to an aromatic ring is 2. The van der Waals surface area contributed by atoms with Gasteiger partial charge in [-0.15, -0.1) is 0 Å². The fourth-order valence-electron chi connectivity index (χ4n) is 1.70. The molecule has 0 saturated carbocycles. The van der Waals surface area contributed by atoms with Gasteiger partial charge >= 0.3 is 11.9 Å². The van der Waals surface area contributed by atoms with Crippen LogP contribution in [0.3, 0.4) is 0 Å². The molecule has 0 fully saturated rings. The lowest BCUT2D eigenvalue weighted by Gasteiger charge is -2.03. The standard InChI is InChI=1S/2C8H9NO3/c2*1-12-5-2-3-7(9)6(4-5)8(10)11/h2*2-4H,9H2,1H3,(H,10,11). The minimum atomic E-state index is -1.05. The Labute approximate surface area is 138 Å². The van der Waals surface area contributed by atoms with Crippen molar-refractivity contribution >= 4 is 23.3 Å². The summed E-state index contributed by atoms with van der Waals surface area (Å²) in [5.41, 5.74) is 11.4. The molecule has 0 amide bonds. The number of methoxy groups -OCH3 is 2. The van der Waals surface area contributed by atoms with Crippen molar-refractivity contribution in [3.8, 4) is 11.5 Å². The zero-order valence-corrected chi connectivity index (χ0v) is 13.1. The highest BCUT2D eigenvalue weighted by molar-refractivity contribution is 5.94. The number of benzene rings is 2. The number of hydrogen-bond acceptors (Lipinski definition) is 6. The minimum absolute atomic E-state index is 0.0642. The molecule has 0 unspecified atom stereocenters. The van der Waals surface area contributed by atoms with Gasteiger partial charge in [0.05, 0.1) is 25.3 Å². The number of carboxylic acid groups (broad SMARTS) is 2. The van der Waals surface area contributed by atoms with Crippen molar-refractivity contribution in [1.29, 1.82) is 0 Å². The van der Waals surface area contributed by atoms with Crippen molar-refractivity contribution in [3.05, 3.63) is 47.5 Å². The Morgan fingerprint density at radius 3 is 1.38 bits per heavy atom. The van der Waals surface area contributed by atoms with Crippen LogP contribution in [0.25, 0.3) is 0 Å². The van der Waals surface area contributed by atoms with E-state index in [1.807, 2.05) is 0 Å². The van der Waals surface area contributed by atoms with Gasteiger partial charge in [-0.2, -0.15) is 0 Å². The summed E-state index contributed by atoms with van der Waals surface area (Å²) in [5.74, 6) is -1.12. The van der Waals surface area contributed by atoms with Gasteiger partial charge in [0, 0.05) is 11.4 Å². The Bertz CT molecular complexity index is 682. The van der Waals surface area contributed by atoms with E-state index in [0.29, 0.717) is 11.5 Å². The molecule has 0 spiro atoms. The molecule has 0 bridgehead atoms. The number of carbonyl (C=O) groups is 2. The topological polar surface area (TPSA) is 145 Å². The van der Waals surface area contributed by atoms with Crippen LogP contribution in [-0.4, -0.2) is 36.4 Å². The third-order valence-corrected chi connectivity index (χ3v) is 2.98. The Morgan fingerprint density at radius 1 is 0.792 bits per heavy atom. The quantitative estimate of drug-likeness (QED) is 0.621. The first-order valence-electron chi connectivity index (χ1n) is 6.63. The van der Waals surface area contributed by atoms with Gasteiger partial charge in [-0.3, -0.25) is 0 Å². The Hall–Kier alpha value is -3.42. The highest BCUT2D eigenvalue weighted by Crippen LogP contribution is 2.19. The van der Waals surface area contributed by atoms with Crippen LogP contribution in [-0.2, 0) is 0 Å². The van der Waals surface area contributed by atoms with Crippen LogP contribution >= 0.6 is 0 Å². The highest BCUT2D eigenvalue weighted by atomic mass is 16.5. The maximum Gasteiger partial charge on any atom is 0.337 e. The monoisotopic (exact) mass is 334 g/mol. The molecule has 0 saturated heterocycles. The fraction of sp³-hybridized carbons (Fsp3) is 0.125. The van der Waals surface area contributed by atoms with E-state index in [1.165, 1.54) is 38.5 Å². The van der Waals surface area contributed by atoms with E-state index >= 15 is 0 Å². The third kappa shape index (κ3) is 4.80. The number of ether oxygens (including phenoxy) is 2. The van der Waals surface area contributed by atoms with Gasteiger partial charge in [-0.25, -0.2) is 9.59 Å². The summed E-state index contributed by atoms with van der Waals surface area (Å²) in [7, 11) is 2.94. The van der Waals surface area contributed by atoms with E-state index in [4.69, 9.17) is 31.2 Å². The molecule has 6 N–H and O–H groups in total. The lowest BCUT2D eigenvalue weighted by Crippen LogP contribution is -2.02. The normalized spacial score (nSPS) is 9.42. The minimum Gasteiger partial charge on any atom is -0.497 e. The molecule has 0 atom stereocenters. The van der Waals surface area contributed by atoms with Crippen molar-refractivity contribution in [3.63, 3.8) is 0 Å².